The lowest BCUT2D eigenvalue weighted by molar-refractivity contribution is 0.0990. The summed E-state index contributed by atoms with van der Waals surface area (Å²) in [4.78, 5) is 12.1. The third kappa shape index (κ3) is 1.67. The Bertz CT molecular complexity index is 690. The molecule has 0 bridgehead atoms. The zero-order valence-corrected chi connectivity index (χ0v) is 9.75. The highest BCUT2D eigenvalue weighted by Gasteiger charge is 2.28. The van der Waals surface area contributed by atoms with E-state index < -0.39 is 17.2 Å². The highest BCUT2D eigenvalue weighted by atomic mass is 16.5. The average molecular weight is 258 g/mol. The largest absolute Gasteiger partial charge is 0.507 e. The Morgan fingerprint density at radius 3 is 2.58 bits per heavy atom. The molecule has 19 heavy (non-hydrogen) atoms. The second kappa shape index (κ2) is 3.91. The van der Waals surface area contributed by atoms with Crippen molar-refractivity contribution in [3.8, 4) is 28.7 Å². The monoisotopic (exact) mass is 258 g/mol. The lowest BCUT2D eigenvalue weighted by atomic mass is 10.0. The SMILES string of the molecule is O=C1Cc2ccccc2Oc2c(O)c(O)cc(O)c21. The van der Waals surface area contributed by atoms with Crippen LogP contribution in [0.4, 0.5) is 0 Å². The Morgan fingerprint density at radius 2 is 1.79 bits per heavy atom. The first-order valence-corrected chi connectivity index (χ1v) is 5.65. The number of Topliss-reactive ketones (excluding diaryl/α,β-unsaturated/α-hetero) is 1. The molecule has 0 aliphatic carbocycles. The van der Waals surface area contributed by atoms with Gasteiger partial charge in [-0.15, -0.1) is 0 Å². The quantitative estimate of drug-likeness (QED) is 0.498. The van der Waals surface area contributed by atoms with Gasteiger partial charge in [-0.1, -0.05) is 18.2 Å². The van der Waals surface area contributed by atoms with Crippen LogP contribution >= 0.6 is 0 Å². The first kappa shape index (κ1) is 11.4. The van der Waals surface area contributed by atoms with Gasteiger partial charge in [0.15, 0.2) is 17.3 Å². The van der Waals surface area contributed by atoms with Crippen molar-refractivity contribution in [3.05, 3.63) is 41.5 Å². The Kier molecular flexibility index (Phi) is 2.35. The summed E-state index contributed by atoms with van der Waals surface area (Å²) in [5.74, 6) is -1.69. The number of hydrogen-bond donors (Lipinski definition) is 3. The highest BCUT2D eigenvalue weighted by Crippen LogP contribution is 2.47. The Balaban J connectivity index is 2.29. The van der Waals surface area contributed by atoms with Crippen molar-refractivity contribution >= 4 is 5.78 Å². The summed E-state index contributed by atoms with van der Waals surface area (Å²) in [6.45, 7) is 0. The number of benzene rings is 2. The average Bonchev–Trinajstić information content (AvgIpc) is 2.52. The van der Waals surface area contributed by atoms with E-state index in [1.54, 1.807) is 24.3 Å². The predicted molar refractivity (Wildman–Crippen MR) is 66.0 cm³/mol. The van der Waals surface area contributed by atoms with Crippen LogP contribution in [0.25, 0.3) is 0 Å². The minimum absolute atomic E-state index is 0.0565. The van der Waals surface area contributed by atoms with E-state index in [9.17, 15) is 20.1 Å². The van der Waals surface area contributed by atoms with E-state index in [1.807, 2.05) is 0 Å². The fraction of sp³-hybridized carbons (Fsp3) is 0.0714. The van der Waals surface area contributed by atoms with Crippen LogP contribution < -0.4 is 4.74 Å². The molecule has 0 saturated carbocycles. The van der Waals surface area contributed by atoms with Crippen LogP contribution in [0.5, 0.6) is 28.7 Å². The fourth-order valence-corrected chi connectivity index (χ4v) is 2.11. The maximum atomic E-state index is 12.1. The molecule has 0 amide bonds. The topological polar surface area (TPSA) is 87.0 Å². The molecule has 0 unspecified atom stereocenters. The van der Waals surface area contributed by atoms with Crippen molar-refractivity contribution in [3.63, 3.8) is 0 Å². The van der Waals surface area contributed by atoms with E-state index in [-0.39, 0.29) is 23.5 Å². The maximum Gasteiger partial charge on any atom is 0.202 e. The summed E-state index contributed by atoms with van der Waals surface area (Å²) < 4.78 is 5.47. The molecule has 96 valence electrons. The van der Waals surface area contributed by atoms with Gasteiger partial charge in [-0.2, -0.15) is 0 Å². The molecule has 0 atom stereocenters. The van der Waals surface area contributed by atoms with Crippen LogP contribution in [0.15, 0.2) is 30.3 Å². The smallest absolute Gasteiger partial charge is 0.202 e. The lowest BCUT2D eigenvalue weighted by Crippen LogP contribution is -2.02. The molecule has 5 nitrogen and oxygen atoms in total. The first-order chi connectivity index (χ1) is 9.08. The standard InChI is InChI=1S/C14H10O5/c15-8-5-7-3-1-2-4-11(7)19-14-12(8)9(16)6-10(17)13(14)18/h1-4,6,16-18H,5H2. The summed E-state index contributed by atoms with van der Waals surface area (Å²) in [5.41, 5.74) is 0.536. The second-order valence-corrected chi connectivity index (χ2v) is 4.28. The van der Waals surface area contributed by atoms with E-state index in [0.29, 0.717) is 11.3 Å². The molecule has 2 aromatic carbocycles. The van der Waals surface area contributed by atoms with Crippen molar-refractivity contribution in [1.82, 2.24) is 0 Å². The minimum atomic E-state index is -0.558. The van der Waals surface area contributed by atoms with Crippen LogP contribution in [-0.4, -0.2) is 21.1 Å². The van der Waals surface area contributed by atoms with Gasteiger partial charge in [0, 0.05) is 18.1 Å². The summed E-state index contributed by atoms with van der Waals surface area (Å²) in [5, 5.41) is 29.0. The van der Waals surface area contributed by atoms with Gasteiger partial charge in [0.25, 0.3) is 0 Å². The van der Waals surface area contributed by atoms with Gasteiger partial charge >= 0.3 is 0 Å². The number of ether oxygens (including phenoxy) is 1. The molecule has 1 aliphatic rings. The number of aromatic hydroxyl groups is 3. The van der Waals surface area contributed by atoms with E-state index >= 15 is 0 Å². The third-order valence-corrected chi connectivity index (χ3v) is 3.03. The number of hydrogen-bond acceptors (Lipinski definition) is 5. The molecule has 3 rings (SSSR count). The molecule has 1 aliphatic heterocycles. The zero-order valence-electron chi connectivity index (χ0n) is 9.75. The van der Waals surface area contributed by atoms with Crippen LogP contribution in [0.2, 0.25) is 0 Å². The number of rotatable bonds is 0. The molecular formula is C14H10O5. The lowest BCUT2D eigenvalue weighted by Gasteiger charge is -2.11. The van der Waals surface area contributed by atoms with Crippen molar-refractivity contribution in [1.29, 1.82) is 0 Å². The molecular weight excluding hydrogens is 248 g/mol. The van der Waals surface area contributed by atoms with Gasteiger partial charge in [0.05, 0.1) is 0 Å². The van der Waals surface area contributed by atoms with Crippen molar-refractivity contribution < 1.29 is 24.9 Å². The van der Waals surface area contributed by atoms with Crippen LogP contribution in [0, 0.1) is 0 Å². The number of phenolic OH excluding ortho intramolecular Hbond substituents is 3. The van der Waals surface area contributed by atoms with Crippen molar-refractivity contribution in [2.45, 2.75) is 6.42 Å². The second-order valence-electron chi connectivity index (χ2n) is 4.28. The van der Waals surface area contributed by atoms with E-state index in [1.165, 1.54) is 0 Å². The molecule has 5 heteroatoms. The fourth-order valence-electron chi connectivity index (χ4n) is 2.11. The highest BCUT2D eigenvalue weighted by molar-refractivity contribution is 6.04. The van der Waals surface area contributed by atoms with E-state index in [0.717, 1.165) is 6.07 Å². The summed E-state index contributed by atoms with van der Waals surface area (Å²) in [6, 6.07) is 7.80. The van der Waals surface area contributed by atoms with Gasteiger partial charge in [0.2, 0.25) is 5.75 Å². The predicted octanol–water partition coefficient (Wildman–Crippen LogP) is 2.33. The Labute approximate surface area is 108 Å². The number of phenols is 3. The maximum absolute atomic E-state index is 12.1. The summed E-state index contributed by atoms with van der Waals surface area (Å²) >= 11 is 0. The van der Waals surface area contributed by atoms with Crippen LogP contribution in [-0.2, 0) is 6.42 Å². The number of carbonyl (C=O) groups is 1. The molecule has 0 aromatic heterocycles. The Hall–Kier alpha value is -2.69. The van der Waals surface area contributed by atoms with Gasteiger partial charge in [-0.05, 0) is 6.07 Å². The minimum Gasteiger partial charge on any atom is -0.507 e. The van der Waals surface area contributed by atoms with E-state index in [4.69, 9.17) is 4.74 Å². The molecule has 0 radical (unpaired) electrons. The van der Waals surface area contributed by atoms with Gasteiger partial charge in [-0.3, -0.25) is 4.79 Å². The van der Waals surface area contributed by atoms with Crippen LogP contribution in [0.3, 0.4) is 0 Å². The van der Waals surface area contributed by atoms with Gasteiger partial charge in [-0.25, -0.2) is 0 Å². The number of carbonyl (C=O) groups excluding carboxylic acids is 1. The van der Waals surface area contributed by atoms with Gasteiger partial charge in [0.1, 0.15) is 17.1 Å². The molecule has 1 heterocycles. The normalized spacial score (nSPS) is 13.2. The number of fused-ring (bicyclic) bond motifs is 2. The molecule has 0 saturated heterocycles. The van der Waals surface area contributed by atoms with Crippen molar-refractivity contribution in [2.75, 3.05) is 0 Å². The summed E-state index contributed by atoms with van der Waals surface area (Å²) in [6.07, 6.45) is 0.0565. The van der Waals surface area contributed by atoms with E-state index in [2.05, 4.69) is 0 Å². The van der Waals surface area contributed by atoms with Crippen molar-refractivity contribution in [2.24, 2.45) is 0 Å². The number of para-hydroxylation sites is 1. The number of ketones is 1. The van der Waals surface area contributed by atoms with Gasteiger partial charge < -0.3 is 20.1 Å². The molecule has 0 fully saturated rings. The molecule has 3 N–H and O–H groups in total. The zero-order chi connectivity index (χ0) is 13.6. The van der Waals surface area contributed by atoms with Crippen LogP contribution in [0.1, 0.15) is 15.9 Å². The third-order valence-electron chi connectivity index (χ3n) is 3.03. The summed E-state index contributed by atoms with van der Waals surface area (Å²) in [7, 11) is 0. The first-order valence-electron chi connectivity index (χ1n) is 5.65. The molecule has 2 aromatic rings. The Morgan fingerprint density at radius 1 is 1.05 bits per heavy atom. The molecule has 0 spiro atoms.